The fraction of sp³-hybridized carbons (Fsp3) is 0.263. The standard InChI is InChI=1S/C19H19NO13S3/c1-9-12-5-17(36(30,31)32)14(7-15(12)33-19(23)13(9)6-18(21)22)20-8-10-2-3-11(34(24,25)26)4-16(10)35(27,28)29/h2-3,5,7,16,20H,4,6,8H2,1H3,(H,21,22)(H,24,25,26)(H,27,28,29)(H,30,31,32). The lowest BCUT2D eigenvalue weighted by atomic mass is 10.0. The Morgan fingerprint density at radius 1 is 1.06 bits per heavy atom. The number of carbonyl (C=O) groups is 1. The van der Waals surface area contributed by atoms with E-state index >= 15 is 0 Å². The van der Waals surface area contributed by atoms with Crippen molar-refractivity contribution < 1.29 is 53.2 Å². The van der Waals surface area contributed by atoms with Crippen molar-refractivity contribution in [1.82, 2.24) is 0 Å². The van der Waals surface area contributed by atoms with Gasteiger partial charge in [0.05, 0.1) is 22.6 Å². The molecule has 1 aromatic heterocycles. The number of carboxylic acids is 1. The molecule has 3 rings (SSSR count). The van der Waals surface area contributed by atoms with Crippen molar-refractivity contribution in [3.8, 4) is 0 Å². The van der Waals surface area contributed by atoms with Crippen LogP contribution in [0.4, 0.5) is 5.69 Å². The van der Waals surface area contributed by atoms with Gasteiger partial charge in [-0.05, 0) is 30.2 Å². The molecule has 17 heteroatoms. The van der Waals surface area contributed by atoms with Crippen molar-refractivity contribution >= 4 is 53.0 Å². The summed E-state index contributed by atoms with van der Waals surface area (Å²) in [5.41, 5.74) is -1.78. The number of nitrogens with one attached hydrogen (secondary N) is 1. The average molecular weight is 566 g/mol. The first-order valence-corrected chi connectivity index (χ1v) is 14.1. The monoisotopic (exact) mass is 565 g/mol. The van der Waals surface area contributed by atoms with Crippen LogP contribution in [0.5, 0.6) is 0 Å². The van der Waals surface area contributed by atoms with Crippen LogP contribution in [0.1, 0.15) is 17.5 Å². The van der Waals surface area contributed by atoms with Crippen molar-refractivity contribution in [1.29, 1.82) is 0 Å². The maximum absolute atomic E-state index is 12.3. The number of benzene rings is 1. The number of fused-ring (bicyclic) bond motifs is 1. The highest BCUT2D eigenvalue weighted by atomic mass is 32.2. The minimum absolute atomic E-state index is 0.0115. The largest absolute Gasteiger partial charge is 0.481 e. The zero-order chi connectivity index (χ0) is 27.2. The van der Waals surface area contributed by atoms with Gasteiger partial charge in [0, 0.05) is 24.4 Å². The van der Waals surface area contributed by atoms with E-state index in [1.54, 1.807) is 0 Å². The fourth-order valence-corrected chi connectivity index (χ4v) is 6.00. The number of aliphatic carboxylic acids is 1. The van der Waals surface area contributed by atoms with Crippen LogP contribution in [0.2, 0.25) is 0 Å². The van der Waals surface area contributed by atoms with Gasteiger partial charge in [-0.25, -0.2) is 4.79 Å². The molecule has 0 fully saturated rings. The van der Waals surface area contributed by atoms with Gasteiger partial charge in [0.15, 0.2) is 0 Å². The summed E-state index contributed by atoms with van der Waals surface area (Å²) >= 11 is 0. The first kappa shape index (κ1) is 27.5. The van der Waals surface area contributed by atoms with Crippen LogP contribution in [0, 0.1) is 6.92 Å². The maximum atomic E-state index is 12.3. The zero-order valence-electron chi connectivity index (χ0n) is 18.2. The van der Waals surface area contributed by atoms with Crippen LogP contribution in [0.25, 0.3) is 11.0 Å². The van der Waals surface area contributed by atoms with Crippen LogP contribution in [0.15, 0.2) is 48.9 Å². The second-order valence-electron chi connectivity index (χ2n) is 7.79. The first-order chi connectivity index (χ1) is 16.4. The van der Waals surface area contributed by atoms with Crippen LogP contribution in [-0.2, 0) is 41.6 Å². The van der Waals surface area contributed by atoms with E-state index in [2.05, 4.69) is 5.32 Å². The van der Waals surface area contributed by atoms with Gasteiger partial charge < -0.3 is 14.8 Å². The molecule has 2 aromatic rings. The highest BCUT2D eigenvalue weighted by molar-refractivity contribution is 7.90. The molecule has 0 saturated carbocycles. The van der Waals surface area contributed by atoms with E-state index in [4.69, 9.17) is 9.52 Å². The highest BCUT2D eigenvalue weighted by Crippen LogP contribution is 2.32. The molecule has 0 amide bonds. The Balaban J connectivity index is 2.12. The van der Waals surface area contributed by atoms with Gasteiger partial charge in [-0.3, -0.25) is 18.5 Å². The van der Waals surface area contributed by atoms with Gasteiger partial charge in [0.2, 0.25) is 0 Å². The number of hydrogen-bond donors (Lipinski definition) is 5. The second-order valence-corrected chi connectivity index (χ2v) is 12.3. The van der Waals surface area contributed by atoms with Crippen molar-refractivity contribution in [3.63, 3.8) is 0 Å². The average Bonchev–Trinajstić information content (AvgIpc) is 2.72. The molecule has 36 heavy (non-hydrogen) atoms. The lowest BCUT2D eigenvalue weighted by molar-refractivity contribution is -0.136. The number of anilines is 1. The fourth-order valence-electron chi connectivity index (χ4n) is 3.67. The summed E-state index contributed by atoms with van der Waals surface area (Å²) in [5, 5.41) is 9.75. The minimum Gasteiger partial charge on any atom is -0.481 e. The summed E-state index contributed by atoms with van der Waals surface area (Å²) in [7, 11) is -14.5. The Hall–Kier alpha value is -3.09. The van der Waals surface area contributed by atoms with E-state index in [0.717, 1.165) is 24.3 Å². The molecule has 14 nitrogen and oxygen atoms in total. The molecule has 5 N–H and O–H groups in total. The summed E-state index contributed by atoms with van der Waals surface area (Å²) in [6, 6.07) is 1.95. The second kappa shape index (κ2) is 9.41. The molecule has 1 aliphatic carbocycles. The lowest BCUT2D eigenvalue weighted by Crippen LogP contribution is -2.30. The van der Waals surface area contributed by atoms with Crippen molar-refractivity contribution in [2.45, 2.75) is 29.9 Å². The molecule has 0 saturated heterocycles. The van der Waals surface area contributed by atoms with E-state index < -0.39 is 76.4 Å². The van der Waals surface area contributed by atoms with E-state index in [1.165, 1.54) is 6.92 Å². The van der Waals surface area contributed by atoms with E-state index in [0.29, 0.717) is 0 Å². The predicted molar refractivity (Wildman–Crippen MR) is 125 cm³/mol. The number of hydrogen-bond acceptors (Lipinski definition) is 10. The van der Waals surface area contributed by atoms with Crippen LogP contribution in [-0.4, -0.2) is 61.8 Å². The SMILES string of the molecule is Cc1c(CC(=O)O)c(=O)oc2cc(NCC3=CC=C(S(=O)(=O)O)CC3S(=O)(=O)O)c(S(=O)(=O)O)cc12. The predicted octanol–water partition coefficient (Wildman–Crippen LogP) is 0.745. The Morgan fingerprint density at radius 3 is 2.22 bits per heavy atom. The molecule has 1 heterocycles. The Morgan fingerprint density at radius 2 is 1.69 bits per heavy atom. The summed E-state index contributed by atoms with van der Waals surface area (Å²) in [6.07, 6.45) is 0.406. The maximum Gasteiger partial charge on any atom is 0.340 e. The zero-order valence-corrected chi connectivity index (χ0v) is 20.6. The van der Waals surface area contributed by atoms with Gasteiger partial charge in [-0.1, -0.05) is 6.08 Å². The molecule has 0 bridgehead atoms. The molecular formula is C19H19NO13S3. The van der Waals surface area contributed by atoms with Gasteiger partial charge in [-0.15, -0.1) is 0 Å². The van der Waals surface area contributed by atoms with Gasteiger partial charge >= 0.3 is 11.6 Å². The summed E-state index contributed by atoms with van der Waals surface area (Å²) < 4.78 is 104. The van der Waals surface area contributed by atoms with Crippen molar-refractivity contribution in [2.24, 2.45) is 0 Å². The molecule has 0 radical (unpaired) electrons. The van der Waals surface area contributed by atoms with Crippen LogP contribution in [0.3, 0.4) is 0 Å². The smallest absolute Gasteiger partial charge is 0.340 e. The number of carboxylic acid groups (broad SMARTS) is 1. The number of allylic oxidation sites excluding steroid dienone is 3. The highest BCUT2D eigenvalue weighted by Gasteiger charge is 2.34. The molecule has 1 atom stereocenters. The van der Waals surface area contributed by atoms with Crippen molar-refractivity contribution in [2.75, 3.05) is 11.9 Å². The van der Waals surface area contributed by atoms with E-state index in [-0.39, 0.29) is 33.4 Å². The molecule has 1 aliphatic rings. The normalized spacial score (nSPS) is 16.9. The minimum atomic E-state index is -4.92. The van der Waals surface area contributed by atoms with Crippen LogP contribution < -0.4 is 10.9 Å². The Labute approximate surface area is 204 Å². The molecule has 1 unspecified atom stereocenters. The van der Waals surface area contributed by atoms with E-state index in [9.17, 15) is 48.5 Å². The molecule has 1 aromatic carbocycles. The van der Waals surface area contributed by atoms with Gasteiger partial charge in [0.25, 0.3) is 30.4 Å². The molecule has 0 spiro atoms. The molecule has 196 valence electrons. The Kier molecular flexibility index (Phi) is 7.19. The summed E-state index contributed by atoms with van der Waals surface area (Å²) in [4.78, 5) is 21.9. The lowest BCUT2D eigenvalue weighted by Gasteiger charge is -2.23. The van der Waals surface area contributed by atoms with Crippen molar-refractivity contribution in [3.05, 3.63) is 56.3 Å². The van der Waals surface area contributed by atoms with Gasteiger partial charge in [-0.2, -0.15) is 25.3 Å². The third-order valence-electron chi connectivity index (χ3n) is 5.45. The number of aryl methyl sites for hydroxylation is 1. The molecule has 0 aliphatic heterocycles. The van der Waals surface area contributed by atoms with Crippen LogP contribution >= 0.6 is 0 Å². The summed E-state index contributed by atoms with van der Waals surface area (Å²) in [6.45, 7) is 0.870. The number of rotatable bonds is 8. The quantitative estimate of drug-likeness (QED) is 0.219. The first-order valence-electron chi connectivity index (χ1n) is 9.76. The van der Waals surface area contributed by atoms with Gasteiger partial charge in [0.1, 0.15) is 15.7 Å². The topological polar surface area (TPSA) is 243 Å². The van der Waals surface area contributed by atoms with E-state index in [1.807, 2.05) is 0 Å². The molecular weight excluding hydrogens is 546 g/mol. The third-order valence-corrected chi connectivity index (χ3v) is 8.50. The summed E-state index contributed by atoms with van der Waals surface area (Å²) in [5.74, 6) is -1.33. The Bertz CT molecular complexity index is 1710. The third kappa shape index (κ3) is 5.82.